The van der Waals surface area contributed by atoms with Crippen LogP contribution in [0, 0.1) is 5.82 Å². The van der Waals surface area contributed by atoms with Crippen molar-refractivity contribution < 1.29 is 19.1 Å². The molecular weight excluding hydrogens is 309 g/mol. The van der Waals surface area contributed by atoms with Crippen molar-refractivity contribution >= 4 is 11.9 Å². The number of nitrogens with one attached hydrogen (secondary N) is 1. The lowest BCUT2D eigenvalue weighted by Gasteiger charge is -2.43. The molecule has 24 heavy (non-hydrogen) atoms. The lowest BCUT2D eigenvalue weighted by molar-refractivity contribution is -0.136. The van der Waals surface area contributed by atoms with Gasteiger partial charge in [-0.3, -0.25) is 9.59 Å². The highest BCUT2D eigenvalue weighted by Gasteiger charge is 2.40. The Hall–Kier alpha value is -2.69. The summed E-state index contributed by atoms with van der Waals surface area (Å²) in [5.41, 5.74) is 1.21. The van der Waals surface area contributed by atoms with E-state index in [4.69, 9.17) is 5.11 Å². The molecule has 1 fully saturated rings. The molecule has 0 spiro atoms. The fourth-order valence-corrected chi connectivity index (χ4v) is 3.09. The molecule has 1 aliphatic carbocycles. The van der Waals surface area contributed by atoms with E-state index in [2.05, 4.69) is 5.32 Å². The minimum absolute atomic E-state index is 0.129. The molecule has 1 amide bonds. The molecule has 0 saturated heterocycles. The van der Waals surface area contributed by atoms with Crippen LogP contribution in [-0.2, 0) is 16.8 Å². The minimum atomic E-state index is -0.942. The van der Waals surface area contributed by atoms with E-state index in [1.807, 2.05) is 6.07 Å². The smallest absolute Gasteiger partial charge is 0.307 e. The van der Waals surface area contributed by atoms with Gasteiger partial charge in [-0.1, -0.05) is 24.3 Å². The molecule has 0 bridgehead atoms. The highest BCUT2D eigenvalue weighted by molar-refractivity contribution is 5.95. The highest BCUT2D eigenvalue weighted by Crippen LogP contribution is 2.41. The van der Waals surface area contributed by atoms with E-state index in [1.165, 1.54) is 12.1 Å². The number of halogens is 1. The van der Waals surface area contributed by atoms with E-state index in [0.717, 1.165) is 24.8 Å². The van der Waals surface area contributed by atoms with Gasteiger partial charge in [-0.15, -0.1) is 0 Å². The van der Waals surface area contributed by atoms with Crippen molar-refractivity contribution in [3.63, 3.8) is 0 Å². The number of carbonyl (C=O) groups is 2. The molecule has 0 aromatic heterocycles. The van der Waals surface area contributed by atoms with Gasteiger partial charge in [0, 0.05) is 5.56 Å². The maximum Gasteiger partial charge on any atom is 0.307 e. The topological polar surface area (TPSA) is 66.4 Å². The van der Waals surface area contributed by atoms with Crippen LogP contribution >= 0.6 is 0 Å². The lowest BCUT2D eigenvalue weighted by Crippen LogP contribution is -2.50. The molecular formula is C19H18FNO3. The standard InChI is InChI=1S/C19H18FNO3/c20-16-7-2-6-15(12-16)19(8-3-9-19)21-18(24)14-5-1-4-13(10-14)11-17(22)23/h1-2,4-7,10,12H,3,8-9,11H2,(H,21,24)(H,22,23). The molecule has 0 radical (unpaired) electrons. The quantitative estimate of drug-likeness (QED) is 0.886. The highest BCUT2D eigenvalue weighted by atomic mass is 19.1. The molecule has 2 N–H and O–H groups in total. The first-order valence-electron chi connectivity index (χ1n) is 7.88. The fraction of sp³-hybridized carbons (Fsp3) is 0.263. The van der Waals surface area contributed by atoms with Crippen molar-refractivity contribution in [2.24, 2.45) is 0 Å². The van der Waals surface area contributed by atoms with Gasteiger partial charge in [0.05, 0.1) is 12.0 Å². The van der Waals surface area contributed by atoms with E-state index < -0.39 is 11.5 Å². The number of carboxylic acid groups (broad SMARTS) is 1. The summed E-state index contributed by atoms with van der Waals surface area (Å²) in [5.74, 6) is -1.54. The van der Waals surface area contributed by atoms with Crippen LogP contribution in [0.15, 0.2) is 48.5 Å². The molecule has 1 aliphatic rings. The maximum atomic E-state index is 13.5. The summed E-state index contributed by atoms with van der Waals surface area (Å²) >= 11 is 0. The average Bonchev–Trinajstić information content (AvgIpc) is 2.50. The zero-order chi connectivity index (χ0) is 17.2. The molecule has 4 nitrogen and oxygen atoms in total. The molecule has 2 aromatic rings. The Kier molecular flexibility index (Phi) is 4.34. The number of carboxylic acids is 1. The summed E-state index contributed by atoms with van der Waals surface area (Å²) in [7, 11) is 0. The predicted molar refractivity (Wildman–Crippen MR) is 87.2 cm³/mol. The van der Waals surface area contributed by atoms with Crippen molar-refractivity contribution in [3.05, 3.63) is 71.0 Å². The summed E-state index contributed by atoms with van der Waals surface area (Å²) < 4.78 is 13.5. The van der Waals surface area contributed by atoms with Gasteiger partial charge >= 0.3 is 5.97 Å². The Balaban J connectivity index is 1.82. The predicted octanol–water partition coefficient (Wildman–Crippen LogP) is 3.26. The van der Waals surface area contributed by atoms with Crippen LogP contribution in [-0.4, -0.2) is 17.0 Å². The lowest BCUT2D eigenvalue weighted by atomic mass is 9.71. The van der Waals surface area contributed by atoms with Gasteiger partial charge < -0.3 is 10.4 Å². The second-order valence-electron chi connectivity index (χ2n) is 6.17. The SMILES string of the molecule is O=C(O)Cc1cccc(C(=O)NC2(c3cccc(F)c3)CCC2)c1. The van der Waals surface area contributed by atoms with Crippen molar-refractivity contribution in [2.45, 2.75) is 31.2 Å². The zero-order valence-electron chi connectivity index (χ0n) is 13.1. The Morgan fingerprint density at radius 1 is 1.12 bits per heavy atom. The largest absolute Gasteiger partial charge is 0.481 e. The number of benzene rings is 2. The molecule has 0 heterocycles. The van der Waals surface area contributed by atoms with Crippen LogP contribution in [0.2, 0.25) is 0 Å². The molecule has 0 unspecified atom stereocenters. The number of hydrogen-bond acceptors (Lipinski definition) is 2. The van der Waals surface area contributed by atoms with Crippen LogP contribution < -0.4 is 5.32 Å². The Bertz CT molecular complexity index is 784. The van der Waals surface area contributed by atoms with Gasteiger partial charge in [0.25, 0.3) is 5.91 Å². The van der Waals surface area contributed by atoms with Crippen LogP contribution in [0.4, 0.5) is 4.39 Å². The van der Waals surface area contributed by atoms with E-state index in [1.54, 1.807) is 30.3 Å². The van der Waals surface area contributed by atoms with E-state index in [-0.39, 0.29) is 18.1 Å². The maximum absolute atomic E-state index is 13.5. The van der Waals surface area contributed by atoms with Gasteiger partial charge in [0.15, 0.2) is 0 Å². The van der Waals surface area contributed by atoms with E-state index in [0.29, 0.717) is 11.1 Å². The van der Waals surface area contributed by atoms with Crippen LogP contribution in [0.3, 0.4) is 0 Å². The molecule has 1 saturated carbocycles. The summed E-state index contributed by atoms with van der Waals surface area (Å²) in [4.78, 5) is 23.4. The molecule has 0 atom stereocenters. The van der Waals surface area contributed by atoms with Crippen molar-refractivity contribution in [3.8, 4) is 0 Å². The second kappa shape index (κ2) is 6.43. The monoisotopic (exact) mass is 327 g/mol. The summed E-state index contributed by atoms with van der Waals surface area (Å²) in [6.07, 6.45) is 2.36. The van der Waals surface area contributed by atoms with Crippen LogP contribution in [0.1, 0.15) is 40.7 Å². The summed E-state index contributed by atoms with van der Waals surface area (Å²) in [5, 5.41) is 11.9. The van der Waals surface area contributed by atoms with Crippen molar-refractivity contribution in [1.29, 1.82) is 0 Å². The zero-order valence-corrected chi connectivity index (χ0v) is 13.1. The van der Waals surface area contributed by atoms with Gasteiger partial charge in [-0.05, 0) is 54.7 Å². The van der Waals surface area contributed by atoms with Gasteiger partial charge in [0.1, 0.15) is 5.82 Å². The number of aliphatic carboxylic acids is 1. The van der Waals surface area contributed by atoms with Crippen molar-refractivity contribution in [1.82, 2.24) is 5.32 Å². The fourth-order valence-electron chi connectivity index (χ4n) is 3.09. The number of rotatable bonds is 5. The Morgan fingerprint density at radius 2 is 1.88 bits per heavy atom. The number of amides is 1. The van der Waals surface area contributed by atoms with Gasteiger partial charge in [-0.25, -0.2) is 4.39 Å². The molecule has 3 rings (SSSR count). The summed E-state index contributed by atoms with van der Waals surface area (Å²) in [6, 6.07) is 12.9. The molecule has 0 aliphatic heterocycles. The second-order valence-corrected chi connectivity index (χ2v) is 6.17. The number of hydrogen-bond donors (Lipinski definition) is 2. The van der Waals surface area contributed by atoms with Crippen LogP contribution in [0.5, 0.6) is 0 Å². The third-order valence-electron chi connectivity index (χ3n) is 4.48. The third-order valence-corrected chi connectivity index (χ3v) is 4.48. The first-order chi connectivity index (χ1) is 11.5. The number of carbonyl (C=O) groups excluding carboxylic acids is 1. The van der Waals surface area contributed by atoms with Gasteiger partial charge in [-0.2, -0.15) is 0 Å². The first kappa shape index (κ1) is 16.2. The van der Waals surface area contributed by atoms with E-state index >= 15 is 0 Å². The average molecular weight is 327 g/mol. The van der Waals surface area contributed by atoms with E-state index in [9.17, 15) is 14.0 Å². The molecule has 5 heteroatoms. The Labute approximate surface area is 139 Å². The van der Waals surface area contributed by atoms with Crippen LogP contribution in [0.25, 0.3) is 0 Å². The molecule has 2 aromatic carbocycles. The van der Waals surface area contributed by atoms with Gasteiger partial charge in [0.2, 0.25) is 0 Å². The summed E-state index contributed by atoms with van der Waals surface area (Å²) in [6.45, 7) is 0. The normalized spacial score (nSPS) is 15.4. The minimum Gasteiger partial charge on any atom is -0.481 e. The van der Waals surface area contributed by atoms with Crippen molar-refractivity contribution in [2.75, 3.05) is 0 Å². The third kappa shape index (κ3) is 3.30. The Morgan fingerprint density at radius 3 is 2.50 bits per heavy atom. The molecule has 124 valence electrons. The first-order valence-corrected chi connectivity index (χ1v) is 7.88.